The van der Waals surface area contributed by atoms with E-state index in [-0.39, 0.29) is 11.5 Å². The number of phenolic OH excluding ortho intramolecular Hbond substituents is 1. The minimum atomic E-state index is -3.04. The van der Waals surface area contributed by atoms with Crippen LogP contribution in [0.1, 0.15) is 0 Å². The first-order valence-corrected chi connectivity index (χ1v) is 5.50. The molecule has 1 saturated heterocycles. The number of anilines is 1. The lowest BCUT2D eigenvalue weighted by Crippen LogP contribution is -2.47. The summed E-state index contributed by atoms with van der Waals surface area (Å²) in [5, 5.41) is 8.99. The molecule has 4 nitrogen and oxygen atoms in total. The number of phenols is 1. The minimum absolute atomic E-state index is 0.140. The van der Waals surface area contributed by atoms with Gasteiger partial charge in [0.05, 0.1) is 11.4 Å². The maximum Gasteiger partial charge on any atom is 0.236 e. The molecule has 1 aromatic rings. The summed E-state index contributed by atoms with van der Waals surface area (Å²) >= 11 is 0. The highest BCUT2D eigenvalue weighted by Gasteiger charge is 2.32. The summed E-state index contributed by atoms with van der Waals surface area (Å²) in [7, 11) is -3.04. The van der Waals surface area contributed by atoms with Gasteiger partial charge in [0.25, 0.3) is 0 Å². The van der Waals surface area contributed by atoms with Crippen LogP contribution in [0.15, 0.2) is 24.3 Å². The highest BCUT2D eigenvalue weighted by molar-refractivity contribution is 7.94. The van der Waals surface area contributed by atoms with Crippen molar-refractivity contribution in [2.75, 3.05) is 16.6 Å². The fraction of sp³-hybridized carbons (Fsp3) is 0.250. The van der Waals surface area contributed by atoms with Crippen molar-refractivity contribution >= 4 is 15.7 Å². The van der Waals surface area contributed by atoms with E-state index < -0.39 is 10.0 Å². The molecule has 0 atom stereocenters. The third-order valence-electron chi connectivity index (χ3n) is 2.03. The van der Waals surface area contributed by atoms with Crippen LogP contribution in [0.5, 0.6) is 5.75 Å². The molecule has 0 amide bonds. The SMILES string of the molecule is O=S1(=O)CCN1c1ccc(O)cc1. The molecule has 0 unspecified atom stereocenters. The number of hydrogen-bond acceptors (Lipinski definition) is 3. The summed E-state index contributed by atoms with van der Waals surface area (Å²) in [6.45, 7) is 0.535. The molecule has 70 valence electrons. The highest BCUT2D eigenvalue weighted by atomic mass is 32.2. The van der Waals surface area contributed by atoms with Gasteiger partial charge in [0.1, 0.15) is 5.75 Å². The fourth-order valence-corrected chi connectivity index (χ4v) is 2.35. The maximum absolute atomic E-state index is 11.2. The van der Waals surface area contributed by atoms with Crippen molar-refractivity contribution < 1.29 is 13.5 Å². The van der Waals surface area contributed by atoms with Gasteiger partial charge in [0.2, 0.25) is 10.0 Å². The van der Waals surface area contributed by atoms with Crippen molar-refractivity contribution in [2.24, 2.45) is 0 Å². The number of aromatic hydroxyl groups is 1. The van der Waals surface area contributed by atoms with Gasteiger partial charge in [-0.3, -0.25) is 4.31 Å². The predicted molar refractivity (Wildman–Crippen MR) is 49.2 cm³/mol. The van der Waals surface area contributed by atoms with E-state index in [1.54, 1.807) is 12.1 Å². The Morgan fingerprint density at radius 3 is 2.23 bits per heavy atom. The average Bonchev–Trinajstić information content (AvgIpc) is 2.07. The van der Waals surface area contributed by atoms with Gasteiger partial charge in [-0.15, -0.1) is 0 Å². The number of rotatable bonds is 1. The van der Waals surface area contributed by atoms with Gasteiger partial charge >= 0.3 is 0 Å². The Hall–Kier alpha value is -1.23. The zero-order valence-electron chi connectivity index (χ0n) is 6.84. The van der Waals surface area contributed by atoms with Crippen LogP contribution in [0.2, 0.25) is 0 Å². The third kappa shape index (κ3) is 1.35. The summed E-state index contributed by atoms with van der Waals surface area (Å²) in [6.07, 6.45) is 0. The monoisotopic (exact) mass is 199 g/mol. The summed E-state index contributed by atoms with van der Waals surface area (Å²) in [4.78, 5) is 0. The Labute approximate surface area is 76.5 Å². The fourth-order valence-electron chi connectivity index (χ4n) is 1.24. The van der Waals surface area contributed by atoms with E-state index in [0.29, 0.717) is 12.2 Å². The van der Waals surface area contributed by atoms with E-state index in [0.717, 1.165) is 0 Å². The molecule has 1 heterocycles. The first kappa shape index (κ1) is 8.37. The van der Waals surface area contributed by atoms with Crippen molar-refractivity contribution in [3.8, 4) is 5.75 Å². The normalized spacial score (nSPS) is 19.5. The number of nitrogens with zero attached hydrogens (tertiary/aromatic N) is 1. The van der Waals surface area contributed by atoms with Crippen molar-refractivity contribution in [3.63, 3.8) is 0 Å². The van der Waals surface area contributed by atoms with E-state index >= 15 is 0 Å². The molecule has 0 aromatic heterocycles. The molecule has 0 aliphatic carbocycles. The van der Waals surface area contributed by atoms with Crippen LogP contribution in [-0.2, 0) is 10.0 Å². The Kier molecular flexibility index (Phi) is 1.69. The van der Waals surface area contributed by atoms with Gasteiger partial charge in [-0.05, 0) is 24.3 Å². The minimum Gasteiger partial charge on any atom is -0.508 e. The summed E-state index contributed by atoms with van der Waals surface area (Å²) < 4.78 is 23.7. The van der Waals surface area contributed by atoms with Crippen molar-refractivity contribution in [2.45, 2.75) is 0 Å². The van der Waals surface area contributed by atoms with Gasteiger partial charge in [-0.25, -0.2) is 8.42 Å². The zero-order valence-corrected chi connectivity index (χ0v) is 7.66. The highest BCUT2D eigenvalue weighted by Crippen LogP contribution is 2.25. The average molecular weight is 199 g/mol. The number of sulfonamides is 1. The number of benzene rings is 1. The van der Waals surface area contributed by atoms with E-state index in [4.69, 9.17) is 5.11 Å². The molecular weight excluding hydrogens is 190 g/mol. The molecule has 1 aliphatic heterocycles. The first-order chi connectivity index (χ1) is 6.09. The smallest absolute Gasteiger partial charge is 0.236 e. The van der Waals surface area contributed by atoms with Crippen molar-refractivity contribution in [1.29, 1.82) is 0 Å². The molecule has 0 spiro atoms. The largest absolute Gasteiger partial charge is 0.508 e. The topological polar surface area (TPSA) is 57.6 Å². The van der Waals surface area contributed by atoms with E-state index in [1.807, 2.05) is 0 Å². The molecule has 2 rings (SSSR count). The predicted octanol–water partition coefficient (Wildman–Crippen LogP) is 0.542. The van der Waals surface area contributed by atoms with Gasteiger partial charge in [0, 0.05) is 6.54 Å². The lowest BCUT2D eigenvalue weighted by molar-refractivity contribution is 0.475. The van der Waals surface area contributed by atoms with Crippen LogP contribution < -0.4 is 4.31 Å². The van der Waals surface area contributed by atoms with Crippen molar-refractivity contribution in [1.82, 2.24) is 0 Å². The van der Waals surface area contributed by atoms with Gasteiger partial charge in [-0.1, -0.05) is 0 Å². The summed E-state index contributed by atoms with van der Waals surface area (Å²) in [5.41, 5.74) is 0.615. The van der Waals surface area contributed by atoms with Gasteiger partial charge in [-0.2, -0.15) is 0 Å². The second-order valence-electron chi connectivity index (χ2n) is 2.90. The molecule has 1 aliphatic rings. The van der Waals surface area contributed by atoms with Crippen LogP contribution in [0.3, 0.4) is 0 Å². The van der Waals surface area contributed by atoms with Crippen LogP contribution in [0.4, 0.5) is 5.69 Å². The number of hydrogen-bond donors (Lipinski definition) is 1. The van der Waals surface area contributed by atoms with E-state index in [9.17, 15) is 8.42 Å². The lowest BCUT2D eigenvalue weighted by Gasteiger charge is -2.32. The van der Waals surface area contributed by atoms with Crippen molar-refractivity contribution in [3.05, 3.63) is 24.3 Å². The van der Waals surface area contributed by atoms with Gasteiger partial charge in [0.15, 0.2) is 0 Å². The molecule has 0 bridgehead atoms. The van der Waals surface area contributed by atoms with Crippen LogP contribution in [0.25, 0.3) is 0 Å². The Balaban J connectivity index is 2.32. The summed E-state index contributed by atoms with van der Waals surface area (Å²) in [5.74, 6) is 0.357. The second kappa shape index (κ2) is 2.63. The standard InChI is InChI=1S/C8H9NO3S/c10-8-3-1-7(2-4-8)9-5-6-13(9,11)12/h1-4,10H,5-6H2. The molecule has 1 aromatic carbocycles. The second-order valence-corrected chi connectivity index (χ2v) is 4.92. The molecule has 1 N–H and O–H groups in total. The molecular formula is C8H9NO3S. The molecule has 5 heteroatoms. The maximum atomic E-state index is 11.2. The van der Waals surface area contributed by atoms with Crippen LogP contribution in [-0.4, -0.2) is 25.8 Å². The Bertz CT molecular complexity index is 410. The zero-order chi connectivity index (χ0) is 9.47. The Morgan fingerprint density at radius 2 is 1.85 bits per heavy atom. The molecule has 0 saturated carbocycles. The summed E-state index contributed by atoms with van der Waals surface area (Å²) in [6, 6.07) is 6.13. The van der Waals surface area contributed by atoms with E-state index in [1.165, 1.54) is 16.4 Å². The van der Waals surface area contributed by atoms with Crippen LogP contribution in [0, 0.1) is 0 Å². The van der Waals surface area contributed by atoms with Crippen LogP contribution >= 0.6 is 0 Å². The molecule has 1 fully saturated rings. The molecule has 0 radical (unpaired) electrons. The molecule has 13 heavy (non-hydrogen) atoms. The van der Waals surface area contributed by atoms with E-state index in [2.05, 4.69) is 0 Å². The Morgan fingerprint density at radius 1 is 1.23 bits per heavy atom. The third-order valence-corrected chi connectivity index (χ3v) is 3.79. The first-order valence-electron chi connectivity index (χ1n) is 3.89. The quantitative estimate of drug-likeness (QED) is 0.718. The lowest BCUT2D eigenvalue weighted by atomic mass is 10.3. The van der Waals surface area contributed by atoms with Gasteiger partial charge < -0.3 is 5.11 Å².